The Hall–Kier alpha value is -1.88. The minimum absolute atomic E-state index is 0.0614. The van der Waals surface area contributed by atoms with Gasteiger partial charge in [0.25, 0.3) is 0 Å². The lowest BCUT2D eigenvalue weighted by Crippen LogP contribution is -1.99. The lowest BCUT2D eigenvalue weighted by atomic mass is 10.1. The SMILES string of the molecule is Cc1ccc(Sc2cc(F)ccc2F)c(C(=O)O)c1. The number of aromatic carboxylic acids is 1. The second-order valence-corrected chi connectivity index (χ2v) is 5.07. The molecule has 0 aliphatic heterocycles. The lowest BCUT2D eigenvalue weighted by molar-refractivity contribution is 0.0693. The van der Waals surface area contributed by atoms with Gasteiger partial charge in [0.05, 0.1) is 10.5 Å². The second kappa shape index (κ2) is 5.40. The Labute approximate surface area is 113 Å². The zero-order valence-electron chi connectivity index (χ0n) is 9.98. The molecule has 0 spiro atoms. The molecule has 0 saturated heterocycles. The van der Waals surface area contributed by atoms with E-state index < -0.39 is 17.6 Å². The topological polar surface area (TPSA) is 37.3 Å². The van der Waals surface area contributed by atoms with E-state index in [0.717, 1.165) is 35.5 Å². The highest BCUT2D eigenvalue weighted by Crippen LogP contribution is 2.33. The Kier molecular flexibility index (Phi) is 3.85. The Bertz CT molecular complexity index is 641. The Morgan fingerprint density at radius 1 is 1.11 bits per heavy atom. The number of carbonyl (C=O) groups is 1. The van der Waals surface area contributed by atoms with Gasteiger partial charge >= 0.3 is 5.97 Å². The standard InChI is InChI=1S/C14H10F2O2S/c1-8-2-5-12(10(6-8)14(17)18)19-13-7-9(15)3-4-11(13)16/h2-7H,1H3,(H,17,18). The van der Waals surface area contributed by atoms with Crippen LogP contribution >= 0.6 is 11.8 Å². The van der Waals surface area contributed by atoms with Gasteiger partial charge in [0.1, 0.15) is 11.6 Å². The van der Waals surface area contributed by atoms with Crippen LogP contribution in [0.15, 0.2) is 46.2 Å². The van der Waals surface area contributed by atoms with Crippen molar-refractivity contribution >= 4 is 17.7 Å². The molecule has 0 fully saturated rings. The van der Waals surface area contributed by atoms with Crippen molar-refractivity contribution in [2.24, 2.45) is 0 Å². The van der Waals surface area contributed by atoms with Gasteiger partial charge in [-0.2, -0.15) is 0 Å². The van der Waals surface area contributed by atoms with Crippen LogP contribution in [0.25, 0.3) is 0 Å². The van der Waals surface area contributed by atoms with E-state index in [1.54, 1.807) is 19.1 Å². The van der Waals surface area contributed by atoms with E-state index in [1.807, 2.05) is 0 Å². The van der Waals surface area contributed by atoms with Crippen LogP contribution in [-0.4, -0.2) is 11.1 Å². The molecule has 0 aliphatic carbocycles. The molecule has 0 saturated carbocycles. The molecule has 2 rings (SSSR count). The monoisotopic (exact) mass is 280 g/mol. The van der Waals surface area contributed by atoms with Crippen molar-refractivity contribution in [3.63, 3.8) is 0 Å². The van der Waals surface area contributed by atoms with Crippen LogP contribution in [0.3, 0.4) is 0 Å². The normalized spacial score (nSPS) is 10.5. The predicted octanol–water partition coefficient (Wildman–Crippen LogP) is 4.12. The average Bonchev–Trinajstić information content (AvgIpc) is 2.35. The van der Waals surface area contributed by atoms with E-state index in [4.69, 9.17) is 5.11 Å². The molecule has 0 amide bonds. The Morgan fingerprint density at radius 3 is 2.53 bits per heavy atom. The molecule has 2 aromatic carbocycles. The summed E-state index contributed by atoms with van der Waals surface area (Å²) in [6.45, 7) is 1.77. The number of carboxylic acid groups (broad SMARTS) is 1. The Morgan fingerprint density at radius 2 is 1.84 bits per heavy atom. The number of hydrogen-bond donors (Lipinski definition) is 1. The van der Waals surface area contributed by atoms with Crippen LogP contribution in [0.2, 0.25) is 0 Å². The minimum atomic E-state index is -1.09. The van der Waals surface area contributed by atoms with Gasteiger partial charge < -0.3 is 5.11 Å². The molecule has 1 N–H and O–H groups in total. The molecule has 19 heavy (non-hydrogen) atoms. The van der Waals surface area contributed by atoms with Crippen molar-refractivity contribution in [2.45, 2.75) is 16.7 Å². The highest BCUT2D eigenvalue weighted by molar-refractivity contribution is 7.99. The summed E-state index contributed by atoms with van der Waals surface area (Å²) in [5.74, 6) is -2.24. The van der Waals surface area contributed by atoms with Gasteiger partial charge in [0.15, 0.2) is 0 Å². The van der Waals surface area contributed by atoms with Gasteiger partial charge in [0, 0.05) is 4.90 Å². The number of aryl methyl sites for hydroxylation is 1. The van der Waals surface area contributed by atoms with E-state index in [9.17, 15) is 13.6 Å². The molecule has 0 aromatic heterocycles. The van der Waals surface area contributed by atoms with Gasteiger partial charge in [0.2, 0.25) is 0 Å². The fourth-order valence-corrected chi connectivity index (χ4v) is 2.54. The number of benzene rings is 2. The third-order valence-corrected chi connectivity index (χ3v) is 3.59. The average molecular weight is 280 g/mol. The van der Waals surface area contributed by atoms with Crippen LogP contribution in [0.5, 0.6) is 0 Å². The van der Waals surface area contributed by atoms with E-state index in [1.165, 1.54) is 6.07 Å². The van der Waals surface area contributed by atoms with E-state index in [-0.39, 0.29) is 10.5 Å². The number of carboxylic acids is 1. The van der Waals surface area contributed by atoms with E-state index >= 15 is 0 Å². The van der Waals surface area contributed by atoms with Crippen LogP contribution < -0.4 is 0 Å². The smallest absolute Gasteiger partial charge is 0.336 e. The first-order chi connectivity index (χ1) is 8.97. The number of hydrogen-bond acceptors (Lipinski definition) is 2. The van der Waals surface area contributed by atoms with Crippen LogP contribution in [0.4, 0.5) is 8.78 Å². The molecule has 0 heterocycles. The zero-order chi connectivity index (χ0) is 14.0. The molecule has 0 aliphatic rings. The fraction of sp³-hybridized carbons (Fsp3) is 0.0714. The quantitative estimate of drug-likeness (QED) is 0.918. The van der Waals surface area contributed by atoms with Crippen molar-refractivity contribution in [3.05, 3.63) is 59.2 Å². The summed E-state index contributed by atoms with van der Waals surface area (Å²) in [5.41, 5.74) is 0.870. The molecule has 0 atom stereocenters. The highest BCUT2D eigenvalue weighted by Gasteiger charge is 2.13. The highest BCUT2D eigenvalue weighted by atomic mass is 32.2. The number of rotatable bonds is 3. The maximum absolute atomic E-state index is 13.5. The summed E-state index contributed by atoms with van der Waals surface area (Å²) in [4.78, 5) is 11.6. The van der Waals surface area contributed by atoms with E-state index in [2.05, 4.69) is 0 Å². The van der Waals surface area contributed by atoms with Gasteiger partial charge in [-0.25, -0.2) is 13.6 Å². The second-order valence-electron chi connectivity index (χ2n) is 3.98. The van der Waals surface area contributed by atoms with E-state index in [0.29, 0.717) is 4.90 Å². The zero-order valence-corrected chi connectivity index (χ0v) is 10.8. The summed E-state index contributed by atoms with van der Waals surface area (Å²) in [5, 5.41) is 9.11. The van der Waals surface area contributed by atoms with Crippen LogP contribution in [0.1, 0.15) is 15.9 Å². The van der Waals surface area contributed by atoms with Gasteiger partial charge in [-0.3, -0.25) is 0 Å². The van der Waals surface area contributed by atoms with Crippen molar-refractivity contribution in [3.8, 4) is 0 Å². The van der Waals surface area contributed by atoms with Crippen LogP contribution in [-0.2, 0) is 0 Å². The maximum Gasteiger partial charge on any atom is 0.336 e. The lowest BCUT2D eigenvalue weighted by Gasteiger charge is -2.07. The minimum Gasteiger partial charge on any atom is -0.478 e. The summed E-state index contributed by atoms with van der Waals surface area (Å²) in [6, 6.07) is 7.91. The third kappa shape index (κ3) is 3.12. The third-order valence-electron chi connectivity index (χ3n) is 2.48. The molecule has 5 heteroatoms. The van der Waals surface area contributed by atoms with Crippen molar-refractivity contribution < 1.29 is 18.7 Å². The Balaban J connectivity index is 2.43. The first-order valence-electron chi connectivity index (χ1n) is 5.44. The first-order valence-corrected chi connectivity index (χ1v) is 6.26. The molecule has 0 bridgehead atoms. The van der Waals surface area contributed by atoms with Gasteiger partial charge in [-0.15, -0.1) is 0 Å². The first kappa shape index (κ1) is 13.5. The van der Waals surface area contributed by atoms with Crippen LogP contribution in [0, 0.1) is 18.6 Å². The van der Waals surface area contributed by atoms with Crippen molar-refractivity contribution in [1.82, 2.24) is 0 Å². The van der Waals surface area contributed by atoms with Crippen molar-refractivity contribution in [2.75, 3.05) is 0 Å². The summed E-state index contributed by atoms with van der Waals surface area (Å²) in [6.07, 6.45) is 0. The molecule has 0 unspecified atom stereocenters. The maximum atomic E-state index is 13.5. The molecule has 2 aromatic rings. The molecule has 98 valence electrons. The molecule has 2 nitrogen and oxygen atoms in total. The largest absolute Gasteiger partial charge is 0.478 e. The predicted molar refractivity (Wildman–Crippen MR) is 68.6 cm³/mol. The molecular weight excluding hydrogens is 270 g/mol. The molecular formula is C14H10F2O2S. The van der Waals surface area contributed by atoms with Crippen molar-refractivity contribution in [1.29, 1.82) is 0 Å². The summed E-state index contributed by atoms with van der Waals surface area (Å²) in [7, 11) is 0. The molecule has 0 radical (unpaired) electrons. The number of halogens is 2. The summed E-state index contributed by atoms with van der Waals surface area (Å²) >= 11 is 0.896. The summed E-state index contributed by atoms with van der Waals surface area (Å²) < 4.78 is 26.6. The van der Waals surface area contributed by atoms with Gasteiger partial charge in [-0.05, 0) is 37.3 Å². The fourth-order valence-electron chi connectivity index (χ4n) is 1.57. The van der Waals surface area contributed by atoms with Gasteiger partial charge in [-0.1, -0.05) is 23.4 Å².